The molecule has 0 saturated heterocycles. The Balaban J connectivity index is 0.000000176. The summed E-state index contributed by atoms with van der Waals surface area (Å²) in [6.07, 6.45) is 0.251. The van der Waals surface area contributed by atoms with E-state index in [1.54, 1.807) is 60.7 Å². The highest BCUT2D eigenvalue weighted by Gasteiger charge is 2.27. The summed E-state index contributed by atoms with van der Waals surface area (Å²) in [7, 11) is 0. The molecule has 0 saturated carbocycles. The highest BCUT2D eigenvalue weighted by Crippen LogP contribution is 2.37. The predicted octanol–water partition coefficient (Wildman–Crippen LogP) is 8.53. The van der Waals surface area contributed by atoms with Crippen molar-refractivity contribution in [1.29, 1.82) is 0 Å². The number of carbonyl (C=O) groups is 4. The Morgan fingerprint density at radius 1 is 0.542 bits per heavy atom. The molecule has 12 nitrogen and oxygen atoms in total. The van der Waals surface area contributed by atoms with Gasteiger partial charge in [-0.05, 0) is 61.4 Å². The molecule has 12 heteroatoms. The topological polar surface area (TPSA) is 199 Å². The van der Waals surface area contributed by atoms with Crippen LogP contribution in [0.3, 0.4) is 0 Å². The van der Waals surface area contributed by atoms with Crippen LogP contribution in [0.1, 0.15) is 78.1 Å². The number of carboxylic acids is 1. The van der Waals surface area contributed by atoms with Crippen LogP contribution < -0.4 is 16.0 Å². The first kappa shape index (κ1) is 42.5. The molecule has 0 bridgehead atoms. The predicted molar refractivity (Wildman–Crippen MR) is 220 cm³/mol. The zero-order valence-electron chi connectivity index (χ0n) is 32.3. The molecule has 7 aromatic rings. The second-order valence-corrected chi connectivity index (χ2v) is 13.4. The molecule has 0 amide bonds. The average molecular weight is 797 g/mol. The number of benzene rings is 5. The summed E-state index contributed by atoms with van der Waals surface area (Å²) in [5.41, 5.74) is 1.25. The van der Waals surface area contributed by atoms with Gasteiger partial charge in [0.15, 0.2) is 0 Å². The number of ether oxygens (including phenoxy) is 1. The number of rotatable bonds is 10. The Bertz CT molecular complexity index is 2580. The quantitative estimate of drug-likeness (QED) is 0.0678. The summed E-state index contributed by atoms with van der Waals surface area (Å²) in [6, 6.07) is 38.0. The summed E-state index contributed by atoms with van der Waals surface area (Å²) in [6.45, 7) is 4.16. The van der Waals surface area contributed by atoms with E-state index in [4.69, 9.17) is 13.9 Å². The lowest BCUT2D eigenvalue weighted by atomic mass is 9.87. The number of fused-ring (bicyclic) bond motifs is 2. The zero-order chi connectivity index (χ0) is 42.6. The molecule has 2 heterocycles. The highest BCUT2D eigenvalue weighted by molar-refractivity contribution is 5.92. The van der Waals surface area contributed by atoms with E-state index in [0.717, 1.165) is 11.1 Å². The fourth-order valence-electron chi connectivity index (χ4n) is 6.52. The molecule has 0 radical (unpaired) electrons. The first-order chi connectivity index (χ1) is 28.3. The van der Waals surface area contributed by atoms with Gasteiger partial charge in [0, 0.05) is 31.6 Å². The lowest BCUT2D eigenvalue weighted by molar-refractivity contribution is -0.132. The average Bonchev–Trinajstić information content (AvgIpc) is 3.21. The van der Waals surface area contributed by atoms with Crippen LogP contribution in [0.5, 0.6) is 17.2 Å². The summed E-state index contributed by atoms with van der Waals surface area (Å²) in [5.74, 6) is -3.01. The van der Waals surface area contributed by atoms with Gasteiger partial charge in [-0.3, -0.25) is 14.4 Å². The number of aromatic hydroxyl groups is 2. The molecule has 300 valence electrons. The van der Waals surface area contributed by atoms with Crippen molar-refractivity contribution in [1.82, 2.24) is 0 Å². The van der Waals surface area contributed by atoms with E-state index in [2.05, 4.69) is 4.74 Å². The van der Waals surface area contributed by atoms with Gasteiger partial charge in [0.1, 0.15) is 45.5 Å². The lowest BCUT2D eigenvalue weighted by Gasteiger charge is -2.17. The van der Waals surface area contributed by atoms with Crippen molar-refractivity contribution in [3.8, 4) is 17.2 Å². The molecule has 2 atom stereocenters. The third kappa shape index (κ3) is 10.6. The second kappa shape index (κ2) is 19.5. The van der Waals surface area contributed by atoms with Crippen LogP contribution in [-0.4, -0.2) is 38.8 Å². The van der Waals surface area contributed by atoms with Gasteiger partial charge in [-0.25, -0.2) is 14.4 Å². The van der Waals surface area contributed by atoms with E-state index in [1.165, 1.54) is 32.9 Å². The summed E-state index contributed by atoms with van der Waals surface area (Å²) in [5, 5.41) is 30.8. The minimum Gasteiger partial charge on any atom is -0.507 e. The van der Waals surface area contributed by atoms with Crippen molar-refractivity contribution in [2.24, 2.45) is 0 Å². The molecular formula is C47H40O12. The van der Waals surface area contributed by atoms with E-state index in [-0.39, 0.29) is 58.3 Å². The fourth-order valence-corrected chi connectivity index (χ4v) is 6.52. The smallest absolute Gasteiger partial charge is 0.343 e. The molecule has 2 aromatic heterocycles. The van der Waals surface area contributed by atoms with Gasteiger partial charge >= 0.3 is 23.2 Å². The van der Waals surface area contributed by atoms with Crippen LogP contribution in [0.4, 0.5) is 0 Å². The van der Waals surface area contributed by atoms with E-state index in [0.29, 0.717) is 21.9 Å². The summed E-state index contributed by atoms with van der Waals surface area (Å²) in [4.78, 5) is 69.4. The molecule has 2 unspecified atom stereocenters. The van der Waals surface area contributed by atoms with Crippen LogP contribution in [0.25, 0.3) is 21.9 Å². The minimum atomic E-state index is -1.11. The molecule has 0 aliphatic heterocycles. The van der Waals surface area contributed by atoms with Crippen molar-refractivity contribution < 1.29 is 48.1 Å². The molecule has 5 aromatic carbocycles. The summed E-state index contributed by atoms with van der Waals surface area (Å²) >= 11 is 0. The Labute approximate surface area is 337 Å². The van der Waals surface area contributed by atoms with E-state index < -0.39 is 35.0 Å². The van der Waals surface area contributed by atoms with E-state index in [9.17, 15) is 39.0 Å². The number of hydrogen-bond acceptors (Lipinski definition) is 11. The number of hydrogen-bond donors (Lipinski definition) is 3. The normalized spacial score (nSPS) is 11.6. The molecule has 0 aliphatic rings. The van der Waals surface area contributed by atoms with Gasteiger partial charge in [-0.1, -0.05) is 97.1 Å². The van der Waals surface area contributed by atoms with Crippen LogP contribution >= 0.6 is 0 Å². The van der Waals surface area contributed by atoms with Crippen molar-refractivity contribution >= 4 is 45.4 Å². The largest absolute Gasteiger partial charge is 0.507 e. The third-order valence-corrected chi connectivity index (χ3v) is 9.09. The number of ketones is 2. The number of carboxylic acid groups (broad SMARTS) is 1. The van der Waals surface area contributed by atoms with Gasteiger partial charge in [0.25, 0.3) is 0 Å². The molecule has 0 spiro atoms. The van der Waals surface area contributed by atoms with Crippen molar-refractivity contribution in [3.63, 3.8) is 0 Å². The van der Waals surface area contributed by atoms with E-state index >= 15 is 0 Å². The number of esters is 1. The lowest BCUT2D eigenvalue weighted by Crippen LogP contribution is -2.16. The Morgan fingerprint density at radius 3 is 1.31 bits per heavy atom. The van der Waals surface area contributed by atoms with Gasteiger partial charge in [0.05, 0.1) is 21.9 Å². The molecule has 0 fully saturated rings. The van der Waals surface area contributed by atoms with Gasteiger partial charge in [0.2, 0.25) is 0 Å². The Morgan fingerprint density at radius 2 is 0.915 bits per heavy atom. The molecule has 0 aliphatic carbocycles. The number of aromatic carboxylic acids is 1. The third-order valence-electron chi connectivity index (χ3n) is 9.09. The fraction of sp³-hybridized carbons (Fsp3) is 0.149. The van der Waals surface area contributed by atoms with Crippen LogP contribution in [-0.2, 0) is 14.4 Å². The van der Waals surface area contributed by atoms with Gasteiger partial charge in [-0.15, -0.1) is 0 Å². The SMILES string of the molecule is CC(=O)CC(c1ccccc1)c1c(O)c2ccccc2oc1=O.CC(=O)CC(c1ccccc1)c1c(O)c2ccccc2oc1=O.CC(=O)Oc1ccccc1C(=O)O. The molecule has 7 rings (SSSR count). The zero-order valence-corrected chi connectivity index (χ0v) is 32.3. The molecule has 3 N–H and O–H groups in total. The van der Waals surface area contributed by atoms with Gasteiger partial charge < -0.3 is 28.9 Å². The highest BCUT2D eigenvalue weighted by atomic mass is 16.5. The Kier molecular flexibility index (Phi) is 14.1. The molecular weight excluding hydrogens is 757 g/mol. The van der Waals surface area contributed by atoms with Crippen molar-refractivity contribution in [2.75, 3.05) is 0 Å². The van der Waals surface area contributed by atoms with Gasteiger partial charge in [-0.2, -0.15) is 0 Å². The van der Waals surface area contributed by atoms with Crippen LogP contribution in [0.2, 0.25) is 0 Å². The first-order valence-electron chi connectivity index (χ1n) is 18.4. The monoisotopic (exact) mass is 796 g/mol. The van der Waals surface area contributed by atoms with Crippen LogP contribution in [0.15, 0.2) is 152 Å². The number of carbonyl (C=O) groups excluding carboxylic acids is 3. The maximum atomic E-state index is 12.4. The maximum absolute atomic E-state index is 12.4. The summed E-state index contributed by atoms with van der Waals surface area (Å²) < 4.78 is 15.3. The number of para-hydroxylation sites is 3. The van der Waals surface area contributed by atoms with Crippen molar-refractivity contribution in [2.45, 2.75) is 45.4 Å². The van der Waals surface area contributed by atoms with Crippen LogP contribution in [0, 0.1) is 0 Å². The van der Waals surface area contributed by atoms with Crippen molar-refractivity contribution in [3.05, 3.63) is 182 Å². The first-order valence-corrected chi connectivity index (χ1v) is 18.4. The maximum Gasteiger partial charge on any atom is 0.343 e. The minimum absolute atomic E-state index is 0.0160. The van der Waals surface area contributed by atoms with E-state index in [1.807, 2.05) is 60.7 Å². The standard InChI is InChI=1S/2C19H16O4.C9H8O4/c2*1-12(20)11-15(13-7-3-2-4-8-13)17-18(21)14-9-5-6-10-16(14)23-19(17)22;1-6(10)13-8-5-3-2-4-7(8)9(11)12/h2*2-10,15,21H,11H2,1H3;2-5H,1H3,(H,11,12). The second-order valence-electron chi connectivity index (χ2n) is 13.4. The number of Topliss-reactive ketones (excluding diaryl/α,β-unsaturated/α-hetero) is 2. The molecule has 59 heavy (non-hydrogen) atoms. The Hall–Kier alpha value is -7.60.